The molecule has 0 spiro atoms. The van der Waals surface area contributed by atoms with E-state index in [0.29, 0.717) is 24.3 Å². The van der Waals surface area contributed by atoms with Crippen LogP contribution in [-0.4, -0.2) is 43.7 Å². The van der Waals surface area contributed by atoms with Gasteiger partial charge < -0.3 is 5.32 Å². The lowest BCUT2D eigenvalue weighted by Crippen LogP contribution is -2.47. The highest BCUT2D eigenvalue weighted by atomic mass is 32.2. The first-order valence-electron chi connectivity index (χ1n) is 10.1. The van der Waals surface area contributed by atoms with Crippen molar-refractivity contribution in [1.82, 2.24) is 9.62 Å². The summed E-state index contributed by atoms with van der Waals surface area (Å²) in [5, 5.41) is 2.78. The van der Waals surface area contributed by atoms with Crippen molar-refractivity contribution in [3.8, 4) is 0 Å². The predicted molar refractivity (Wildman–Crippen MR) is 115 cm³/mol. The van der Waals surface area contributed by atoms with E-state index in [4.69, 9.17) is 0 Å². The van der Waals surface area contributed by atoms with Crippen molar-refractivity contribution < 1.29 is 22.4 Å². The van der Waals surface area contributed by atoms with Crippen molar-refractivity contribution in [1.29, 1.82) is 0 Å². The molecule has 0 fully saturated rings. The molecule has 7 nitrogen and oxygen atoms in total. The lowest BCUT2D eigenvalue weighted by atomic mass is 10.1. The SMILES string of the molecule is CCN(CC)S(=O)(=O)c1ccc2c(c1)CC(C(=O)NCc1ccc(F)cc1)N2C(C)=O. The van der Waals surface area contributed by atoms with Crippen molar-refractivity contribution in [2.45, 2.75) is 44.7 Å². The molecule has 0 aliphatic carbocycles. The van der Waals surface area contributed by atoms with Crippen LogP contribution in [0.2, 0.25) is 0 Å². The topological polar surface area (TPSA) is 86.8 Å². The molecule has 0 radical (unpaired) electrons. The summed E-state index contributed by atoms with van der Waals surface area (Å²) in [5.41, 5.74) is 1.89. The first kappa shape index (κ1) is 22.9. The second-order valence-corrected chi connectivity index (χ2v) is 9.27. The van der Waals surface area contributed by atoms with Gasteiger partial charge in [-0.3, -0.25) is 14.5 Å². The van der Waals surface area contributed by atoms with E-state index in [2.05, 4.69) is 5.32 Å². The summed E-state index contributed by atoms with van der Waals surface area (Å²) >= 11 is 0. The molecular weight excluding hydrogens is 421 g/mol. The molecule has 0 aromatic heterocycles. The number of anilines is 1. The minimum Gasteiger partial charge on any atom is -0.350 e. The molecule has 3 rings (SSSR count). The Morgan fingerprint density at radius 2 is 1.77 bits per heavy atom. The standard InChI is InChI=1S/C22H26FN3O4S/c1-4-25(5-2)31(29,30)19-10-11-20-17(12-19)13-21(26(20)15(3)27)22(28)24-14-16-6-8-18(23)9-7-16/h6-12,21H,4-5,13-14H2,1-3H3,(H,24,28). The van der Waals surface area contributed by atoms with E-state index in [0.717, 1.165) is 5.56 Å². The van der Waals surface area contributed by atoms with Crippen molar-refractivity contribution >= 4 is 27.5 Å². The molecule has 2 aromatic carbocycles. The number of sulfonamides is 1. The van der Waals surface area contributed by atoms with E-state index < -0.39 is 16.1 Å². The Balaban J connectivity index is 1.83. The van der Waals surface area contributed by atoms with Gasteiger partial charge in [-0.1, -0.05) is 26.0 Å². The molecule has 9 heteroatoms. The lowest BCUT2D eigenvalue weighted by Gasteiger charge is -2.23. The van der Waals surface area contributed by atoms with Crippen LogP contribution in [0.4, 0.5) is 10.1 Å². The molecule has 1 heterocycles. The van der Waals surface area contributed by atoms with Crippen LogP contribution < -0.4 is 10.2 Å². The van der Waals surface area contributed by atoms with Gasteiger partial charge in [-0.05, 0) is 41.5 Å². The minimum absolute atomic E-state index is 0.144. The van der Waals surface area contributed by atoms with Gasteiger partial charge in [0, 0.05) is 38.7 Å². The number of hydrogen-bond donors (Lipinski definition) is 1. The van der Waals surface area contributed by atoms with Crippen LogP contribution in [0.15, 0.2) is 47.4 Å². The van der Waals surface area contributed by atoms with Crippen LogP contribution in [0.1, 0.15) is 31.9 Å². The van der Waals surface area contributed by atoms with E-state index in [1.807, 2.05) is 0 Å². The van der Waals surface area contributed by atoms with Crippen LogP contribution in [-0.2, 0) is 32.6 Å². The highest BCUT2D eigenvalue weighted by Gasteiger charge is 2.37. The maximum atomic E-state index is 13.1. The fraction of sp³-hybridized carbons (Fsp3) is 0.364. The molecule has 2 aromatic rings. The highest BCUT2D eigenvalue weighted by molar-refractivity contribution is 7.89. The van der Waals surface area contributed by atoms with Gasteiger partial charge in [0.25, 0.3) is 0 Å². The van der Waals surface area contributed by atoms with Gasteiger partial charge in [-0.2, -0.15) is 4.31 Å². The number of carbonyl (C=O) groups is 2. The summed E-state index contributed by atoms with van der Waals surface area (Å²) in [6.07, 6.45) is 0.214. The number of rotatable bonds is 7. The molecule has 1 unspecified atom stereocenters. The Morgan fingerprint density at radius 3 is 2.35 bits per heavy atom. The Hall–Kier alpha value is -2.78. The molecule has 1 N–H and O–H groups in total. The number of nitrogens with zero attached hydrogens (tertiary/aromatic N) is 2. The number of halogens is 1. The van der Waals surface area contributed by atoms with Crippen LogP contribution in [0, 0.1) is 5.82 Å². The lowest BCUT2D eigenvalue weighted by molar-refractivity contribution is -0.125. The molecule has 1 atom stereocenters. The van der Waals surface area contributed by atoms with Gasteiger partial charge in [0.05, 0.1) is 4.90 Å². The smallest absolute Gasteiger partial charge is 0.243 e. The van der Waals surface area contributed by atoms with Crippen molar-refractivity contribution in [3.63, 3.8) is 0 Å². The number of fused-ring (bicyclic) bond motifs is 1. The van der Waals surface area contributed by atoms with Crippen LogP contribution in [0.5, 0.6) is 0 Å². The normalized spacial score (nSPS) is 15.8. The molecule has 166 valence electrons. The highest BCUT2D eigenvalue weighted by Crippen LogP contribution is 2.35. The van der Waals surface area contributed by atoms with Crippen LogP contribution >= 0.6 is 0 Å². The Kier molecular flexibility index (Phi) is 6.76. The average molecular weight is 448 g/mol. The van der Waals surface area contributed by atoms with E-state index in [1.54, 1.807) is 38.1 Å². The summed E-state index contributed by atoms with van der Waals surface area (Å²) in [4.78, 5) is 26.7. The van der Waals surface area contributed by atoms with E-state index in [9.17, 15) is 22.4 Å². The Bertz CT molecular complexity index is 1080. The van der Waals surface area contributed by atoms with Gasteiger partial charge >= 0.3 is 0 Å². The van der Waals surface area contributed by atoms with Gasteiger partial charge in [0.2, 0.25) is 21.8 Å². The third-order valence-electron chi connectivity index (χ3n) is 5.40. The Labute approximate surface area is 181 Å². The summed E-state index contributed by atoms with van der Waals surface area (Å²) < 4.78 is 40.1. The predicted octanol–water partition coefficient (Wildman–Crippen LogP) is 2.45. The van der Waals surface area contributed by atoms with Gasteiger partial charge in [0.1, 0.15) is 11.9 Å². The molecular formula is C22H26FN3O4S. The first-order valence-corrected chi connectivity index (χ1v) is 11.6. The third-order valence-corrected chi connectivity index (χ3v) is 7.45. The first-order chi connectivity index (χ1) is 14.7. The molecule has 0 bridgehead atoms. The zero-order valence-corrected chi connectivity index (χ0v) is 18.6. The molecule has 1 aliphatic heterocycles. The molecule has 1 aliphatic rings. The summed E-state index contributed by atoms with van der Waals surface area (Å²) in [5.74, 6) is -1.02. The van der Waals surface area contributed by atoms with Crippen molar-refractivity contribution in [2.24, 2.45) is 0 Å². The number of nitrogens with one attached hydrogen (secondary N) is 1. The molecule has 0 saturated carbocycles. The third kappa shape index (κ3) is 4.62. The number of hydrogen-bond acceptors (Lipinski definition) is 4. The number of carbonyl (C=O) groups excluding carboxylic acids is 2. The van der Waals surface area contributed by atoms with Gasteiger partial charge in [-0.15, -0.1) is 0 Å². The number of amides is 2. The summed E-state index contributed by atoms with van der Waals surface area (Å²) in [7, 11) is -3.65. The van der Waals surface area contributed by atoms with E-state index >= 15 is 0 Å². The van der Waals surface area contributed by atoms with Crippen LogP contribution in [0.3, 0.4) is 0 Å². The fourth-order valence-corrected chi connectivity index (χ4v) is 5.32. The fourth-order valence-electron chi connectivity index (χ4n) is 3.81. The maximum Gasteiger partial charge on any atom is 0.243 e. The second kappa shape index (κ2) is 9.15. The maximum absolute atomic E-state index is 13.1. The van der Waals surface area contributed by atoms with Crippen molar-refractivity contribution in [3.05, 3.63) is 59.4 Å². The van der Waals surface area contributed by atoms with Crippen molar-refractivity contribution in [2.75, 3.05) is 18.0 Å². The minimum atomic E-state index is -3.65. The quantitative estimate of drug-likeness (QED) is 0.706. The van der Waals surface area contributed by atoms with Gasteiger partial charge in [0.15, 0.2) is 0 Å². The Morgan fingerprint density at radius 1 is 1.13 bits per heavy atom. The van der Waals surface area contributed by atoms with Gasteiger partial charge in [-0.25, -0.2) is 12.8 Å². The van der Waals surface area contributed by atoms with E-state index in [1.165, 1.54) is 34.3 Å². The zero-order chi connectivity index (χ0) is 22.8. The summed E-state index contributed by atoms with van der Waals surface area (Å²) in [6, 6.07) is 9.60. The molecule has 2 amide bonds. The average Bonchev–Trinajstić information content (AvgIpc) is 3.13. The number of benzene rings is 2. The monoisotopic (exact) mass is 447 g/mol. The molecule has 0 saturated heterocycles. The summed E-state index contributed by atoms with van der Waals surface area (Å²) in [6.45, 7) is 5.81. The van der Waals surface area contributed by atoms with E-state index in [-0.39, 0.29) is 35.5 Å². The van der Waals surface area contributed by atoms with Crippen LogP contribution in [0.25, 0.3) is 0 Å². The molecule has 31 heavy (non-hydrogen) atoms. The zero-order valence-electron chi connectivity index (χ0n) is 17.8. The second-order valence-electron chi connectivity index (χ2n) is 7.33. The largest absolute Gasteiger partial charge is 0.350 e.